The standard InChI is InChI=1S/C21H18N6O3S/c1-22-19-11-23-10-14(25-19)8-13-9-16(20-17(24-13)12-27(2)21(20)28)26-15-6-4-5-7-18(15)31(3,29)30/h4-7,9-11H,8,12H2,2-3H3,(H,24,26). The molecule has 0 spiro atoms. The minimum absolute atomic E-state index is 0.136. The number of fused-ring (bicyclic) bond motifs is 1. The van der Waals surface area contributed by atoms with E-state index in [-0.39, 0.29) is 16.6 Å². The van der Waals surface area contributed by atoms with Crippen LogP contribution in [0.15, 0.2) is 47.6 Å². The molecule has 1 N–H and O–H groups in total. The third-order valence-corrected chi connectivity index (χ3v) is 5.95. The Bertz CT molecular complexity index is 1350. The van der Waals surface area contributed by atoms with Crippen LogP contribution in [0.1, 0.15) is 27.4 Å². The van der Waals surface area contributed by atoms with Crippen LogP contribution >= 0.6 is 0 Å². The van der Waals surface area contributed by atoms with Crippen molar-refractivity contribution in [2.24, 2.45) is 0 Å². The Morgan fingerprint density at radius 3 is 2.68 bits per heavy atom. The van der Waals surface area contributed by atoms with Crippen LogP contribution in [0, 0.1) is 6.57 Å². The average molecular weight is 434 g/mol. The summed E-state index contributed by atoms with van der Waals surface area (Å²) in [5, 5.41) is 3.13. The van der Waals surface area contributed by atoms with Gasteiger partial charge in [-0.3, -0.25) is 14.8 Å². The number of hydrogen-bond donors (Lipinski definition) is 1. The van der Waals surface area contributed by atoms with Crippen LogP contribution in [0.25, 0.3) is 4.85 Å². The molecular formula is C21H18N6O3S. The molecular weight excluding hydrogens is 416 g/mol. The van der Waals surface area contributed by atoms with Gasteiger partial charge in [-0.2, -0.15) is 0 Å². The molecule has 31 heavy (non-hydrogen) atoms. The minimum atomic E-state index is -3.48. The second kappa shape index (κ2) is 7.77. The molecule has 9 nitrogen and oxygen atoms in total. The molecule has 3 heterocycles. The molecule has 1 aliphatic heterocycles. The summed E-state index contributed by atoms with van der Waals surface area (Å²) in [6.07, 6.45) is 4.39. The number of rotatable bonds is 5. The van der Waals surface area contributed by atoms with Crippen LogP contribution < -0.4 is 5.32 Å². The lowest BCUT2D eigenvalue weighted by Gasteiger charge is -2.14. The predicted molar refractivity (Wildman–Crippen MR) is 114 cm³/mol. The number of amides is 1. The first-order valence-corrected chi connectivity index (χ1v) is 11.2. The molecule has 1 aromatic carbocycles. The number of sulfone groups is 1. The molecule has 10 heteroatoms. The lowest BCUT2D eigenvalue weighted by atomic mass is 10.1. The van der Waals surface area contributed by atoms with E-state index in [0.717, 1.165) is 6.26 Å². The summed E-state index contributed by atoms with van der Waals surface area (Å²) in [5.41, 5.74) is 3.05. The fourth-order valence-electron chi connectivity index (χ4n) is 3.44. The third kappa shape index (κ3) is 4.08. The van der Waals surface area contributed by atoms with Gasteiger partial charge in [0, 0.05) is 13.3 Å². The zero-order valence-corrected chi connectivity index (χ0v) is 17.6. The summed E-state index contributed by atoms with van der Waals surface area (Å²) < 4.78 is 24.4. The van der Waals surface area contributed by atoms with Gasteiger partial charge >= 0.3 is 0 Å². The molecule has 0 saturated carbocycles. The molecule has 0 aliphatic carbocycles. The van der Waals surface area contributed by atoms with Gasteiger partial charge in [0.1, 0.15) is 0 Å². The number of pyridine rings is 1. The van der Waals surface area contributed by atoms with E-state index < -0.39 is 9.84 Å². The highest BCUT2D eigenvalue weighted by Crippen LogP contribution is 2.33. The lowest BCUT2D eigenvalue weighted by molar-refractivity contribution is 0.0817. The monoisotopic (exact) mass is 434 g/mol. The summed E-state index contributed by atoms with van der Waals surface area (Å²) in [6, 6.07) is 8.24. The zero-order valence-electron chi connectivity index (χ0n) is 16.8. The fraction of sp³-hybridized carbons (Fsp3) is 0.190. The van der Waals surface area contributed by atoms with Gasteiger partial charge in [-0.05, 0) is 18.2 Å². The normalized spacial score (nSPS) is 13.1. The number of para-hydroxylation sites is 1. The van der Waals surface area contributed by atoms with Gasteiger partial charge in [0.05, 0.1) is 58.6 Å². The van der Waals surface area contributed by atoms with E-state index in [1.165, 1.54) is 12.3 Å². The van der Waals surface area contributed by atoms with Crippen molar-refractivity contribution in [2.75, 3.05) is 18.6 Å². The van der Waals surface area contributed by atoms with Crippen molar-refractivity contribution in [1.29, 1.82) is 0 Å². The van der Waals surface area contributed by atoms with E-state index in [4.69, 9.17) is 6.57 Å². The van der Waals surface area contributed by atoms with E-state index in [2.05, 4.69) is 25.1 Å². The summed E-state index contributed by atoms with van der Waals surface area (Å²) in [4.78, 5) is 30.6. The van der Waals surface area contributed by atoms with Gasteiger partial charge in [0.2, 0.25) is 0 Å². The smallest absolute Gasteiger partial charge is 0.288 e. The lowest BCUT2D eigenvalue weighted by Crippen LogP contribution is -2.18. The molecule has 156 valence electrons. The summed E-state index contributed by atoms with van der Waals surface area (Å²) in [5.74, 6) is -0.00261. The third-order valence-electron chi connectivity index (χ3n) is 4.80. The molecule has 1 aliphatic rings. The SMILES string of the molecule is [C-]#[N+]c1cncc(Cc2cc(Nc3ccccc3S(C)(=O)=O)c3c(n2)CN(C)C3=O)n1. The Morgan fingerprint density at radius 2 is 1.94 bits per heavy atom. The molecule has 0 bridgehead atoms. The van der Waals surface area contributed by atoms with Crippen LogP contribution in [0.4, 0.5) is 17.2 Å². The second-order valence-electron chi connectivity index (χ2n) is 7.19. The number of hydrogen-bond acceptors (Lipinski definition) is 7. The van der Waals surface area contributed by atoms with Gasteiger partial charge in [-0.15, -0.1) is 4.98 Å². The maximum absolute atomic E-state index is 12.7. The van der Waals surface area contributed by atoms with Crippen LogP contribution in [0.2, 0.25) is 0 Å². The van der Waals surface area contributed by atoms with E-state index in [1.54, 1.807) is 42.4 Å². The summed E-state index contributed by atoms with van der Waals surface area (Å²) >= 11 is 0. The number of aromatic nitrogens is 3. The highest BCUT2D eigenvalue weighted by atomic mass is 32.2. The number of benzene rings is 1. The van der Waals surface area contributed by atoms with Crippen LogP contribution in [0.3, 0.4) is 0 Å². The molecule has 2 aromatic heterocycles. The molecule has 1 amide bonds. The Balaban J connectivity index is 1.79. The maximum Gasteiger partial charge on any atom is 0.288 e. The highest BCUT2D eigenvalue weighted by molar-refractivity contribution is 7.90. The van der Waals surface area contributed by atoms with E-state index in [0.29, 0.717) is 47.0 Å². The Morgan fingerprint density at radius 1 is 1.16 bits per heavy atom. The fourth-order valence-corrected chi connectivity index (χ4v) is 4.29. The molecule has 4 rings (SSSR count). The average Bonchev–Trinajstić information content (AvgIpc) is 3.01. The number of carbonyl (C=O) groups is 1. The van der Waals surface area contributed by atoms with Gasteiger partial charge in [-0.25, -0.2) is 8.42 Å². The van der Waals surface area contributed by atoms with Gasteiger partial charge in [0.15, 0.2) is 15.5 Å². The topological polar surface area (TPSA) is 110 Å². The first-order chi connectivity index (χ1) is 14.8. The van der Waals surface area contributed by atoms with Crippen LogP contribution in [-0.2, 0) is 22.8 Å². The maximum atomic E-state index is 12.7. The number of nitrogens with zero attached hydrogens (tertiary/aromatic N) is 5. The first-order valence-electron chi connectivity index (χ1n) is 9.29. The largest absolute Gasteiger partial charge is 0.359 e. The number of nitrogens with one attached hydrogen (secondary N) is 1. The van der Waals surface area contributed by atoms with Crippen LogP contribution in [-0.4, -0.2) is 47.5 Å². The summed E-state index contributed by atoms with van der Waals surface area (Å²) in [7, 11) is -1.80. The second-order valence-corrected chi connectivity index (χ2v) is 9.18. The van der Waals surface area contributed by atoms with Gasteiger partial charge < -0.3 is 15.1 Å². The zero-order chi connectivity index (χ0) is 22.2. The predicted octanol–water partition coefficient (Wildman–Crippen LogP) is 2.75. The van der Waals surface area contributed by atoms with E-state index >= 15 is 0 Å². The van der Waals surface area contributed by atoms with E-state index in [9.17, 15) is 13.2 Å². The van der Waals surface area contributed by atoms with Gasteiger partial charge in [0.25, 0.3) is 11.7 Å². The number of carbonyl (C=O) groups excluding carboxylic acids is 1. The molecule has 0 radical (unpaired) electrons. The van der Waals surface area contributed by atoms with Crippen molar-refractivity contribution in [3.63, 3.8) is 0 Å². The number of anilines is 2. The van der Waals surface area contributed by atoms with E-state index in [1.807, 2.05) is 0 Å². The van der Waals surface area contributed by atoms with Crippen molar-refractivity contribution in [2.45, 2.75) is 17.9 Å². The van der Waals surface area contributed by atoms with Crippen LogP contribution in [0.5, 0.6) is 0 Å². The minimum Gasteiger partial charge on any atom is -0.359 e. The quantitative estimate of drug-likeness (QED) is 0.615. The Kier molecular flexibility index (Phi) is 5.12. The molecule has 0 atom stereocenters. The Hall–Kier alpha value is -3.84. The Labute approximate surface area is 179 Å². The first kappa shape index (κ1) is 20.4. The van der Waals surface area contributed by atoms with Crippen molar-refractivity contribution < 1.29 is 13.2 Å². The van der Waals surface area contributed by atoms with Crippen molar-refractivity contribution in [3.05, 3.63) is 76.8 Å². The molecule has 3 aromatic rings. The van der Waals surface area contributed by atoms with Crippen molar-refractivity contribution >= 4 is 32.9 Å². The molecule has 0 unspecified atom stereocenters. The highest BCUT2D eigenvalue weighted by Gasteiger charge is 2.30. The van der Waals surface area contributed by atoms with Crippen molar-refractivity contribution in [1.82, 2.24) is 19.9 Å². The molecule has 0 fully saturated rings. The summed E-state index contributed by atoms with van der Waals surface area (Å²) in [6.45, 7) is 7.44. The van der Waals surface area contributed by atoms with Gasteiger partial charge in [-0.1, -0.05) is 18.7 Å². The van der Waals surface area contributed by atoms with Crippen molar-refractivity contribution in [3.8, 4) is 0 Å². The molecule has 0 saturated heterocycles.